The van der Waals surface area contributed by atoms with Crippen molar-refractivity contribution in [3.8, 4) is 0 Å². The number of rotatable bonds is 1. The summed E-state index contributed by atoms with van der Waals surface area (Å²) in [7, 11) is 0. The fourth-order valence-corrected chi connectivity index (χ4v) is 1.81. The fourth-order valence-electron chi connectivity index (χ4n) is 1.81. The van der Waals surface area contributed by atoms with Crippen molar-refractivity contribution in [2.75, 3.05) is 0 Å². The first-order valence-corrected chi connectivity index (χ1v) is 4.46. The van der Waals surface area contributed by atoms with E-state index in [2.05, 4.69) is 18.0 Å². The van der Waals surface area contributed by atoms with E-state index in [1.165, 1.54) is 11.1 Å². The van der Waals surface area contributed by atoms with Crippen LogP contribution in [0.4, 0.5) is 0 Å². The van der Waals surface area contributed by atoms with Crippen molar-refractivity contribution in [3.05, 3.63) is 23.0 Å². The van der Waals surface area contributed by atoms with Crippen molar-refractivity contribution in [2.24, 2.45) is 16.6 Å². The quantitative estimate of drug-likeness (QED) is 0.629. The van der Waals surface area contributed by atoms with Gasteiger partial charge in [0.15, 0.2) is 0 Å². The van der Waals surface area contributed by atoms with Crippen molar-refractivity contribution in [3.63, 3.8) is 0 Å². The summed E-state index contributed by atoms with van der Waals surface area (Å²) in [5.74, 6) is 1.40. The highest BCUT2D eigenvalue weighted by atomic mass is 14.9. The Morgan fingerprint density at radius 3 is 3.08 bits per heavy atom. The van der Waals surface area contributed by atoms with Crippen molar-refractivity contribution < 1.29 is 0 Å². The van der Waals surface area contributed by atoms with Gasteiger partial charge in [-0.15, -0.1) is 0 Å². The molecule has 1 atom stereocenters. The third kappa shape index (κ3) is 1.07. The highest BCUT2D eigenvalue weighted by Crippen LogP contribution is 2.46. The Morgan fingerprint density at radius 1 is 1.67 bits per heavy atom. The standard InChI is InChI=1S/C10H14N2/c1-3-7-4-6(2)12-10(11)9-5-8(7)9/h4,8H,3,5,11H2,1-2H3. The fraction of sp³-hybridized carbons (Fsp3) is 0.500. The molecule has 0 saturated heterocycles. The third-order valence-electron chi connectivity index (χ3n) is 2.56. The summed E-state index contributed by atoms with van der Waals surface area (Å²) in [6, 6.07) is 0. The summed E-state index contributed by atoms with van der Waals surface area (Å²) < 4.78 is 0. The molecule has 0 aromatic carbocycles. The van der Waals surface area contributed by atoms with Crippen LogP contribution in [0.5, 0.6) is 0 Å². The molecule has 1 fully saturated rings. The average molecular weight is 162 g/mol. The van der Waals surface area contributed by atoms with E-state index >= 15 is 0 Å². The molecule has 64 valence electrons. The van der Waals surface area contributed by atoms with Gasteiger partial charge in [-0.05, 0) is 31.4 Å². The van der Waals surface area contributed by atoms with Crippen LogP contribution < -0.4 is 5.73 Å². The van der Waals surface area contributed by atoms with Crippen LogP contribution >= 0.6 is 0 Å². The minimum atomic E-state index is 0.635. The lowest BCUT2D eigenvalue weighted by atomic mass is 10.1. The van der Waals surface area contributed by atoms with Gasteiger partial charge in [0.1, 0.15) is 5.82 Å². The molecule has 12 heavy (non-hydrogen) atoms. The van der Waals surface area contributed by atoms with E-state index in [-0.39, 0.29) is 0 Å². The summed E-state index contributed by atoms with van der Waals surface area (Å²) in [6.07, 6.45) is 4.44. The van der Waals surface area contributed by atoms with E-state index in [0.717, 1.165) is 24.4 Å². The van der Waals surface area contributed by atoms with Gasteiger partial charge < -0.3 is 5.73 Å². The summed E-state index contributed by atoms with van der Waals surface area (Å²) in [6.45, 7) is 4.20. The predicted molar refractivity (Wildman–Crippen MR) is 50.8 cm³/mol. The van der Waals surface area contributed by atoms with Crippen LogP contribution in [-0.2, 0) is 0 Å². The average Bonchev–Trinajstić information content (AvgIpc) is 2.77. The van der Waals surface area contributed by atoms with Gasteiger partial charge in [0.05, 0.1) is 0 Å². The van der Waals surface area contributed by atoms with Crippen molar-refractivity contribution in [2.45, 2.75) is 26.7 Å². The van der Waals surface area contributed by atoms with Gasteiger partial charge in [-0.2, -0.15) is 0 Å². The molecule has 1 saturated carbocycles. The van der Waals surface area contributed by atoms with Gasteiger partial charge >= 0.3 is 0 Å². The maximum atomic E-state index is 5.79. The van der Waals surface area contributed by atoms with E-state index in [9.17, 15) is 0 Å². The van der Waals surface area contributed by atoms with E-state index < -0.39 is 0 Å². The van der Waals surface area contributed by atoms with Crippen LogP contribution in [0, 0.1) is 5.92 Å². The maximum Gasteiger partial charge on any atom is 0.123 e. The predicted octanol–water partition coefficient (Wildman–Crippen LogP) is 1.99. The molecule has 0 spiro atoms. The van der Waals surface area contributed by atoms with Crippen LogP contribution in [0.15, 0.2) is 28.0 Å². The van der Waals surface area contributed by atoms with Crippen LogP contribution in [-0.4, -0.2) is 5.71 Å². The molecule has 0 aromatic rings. The normalized spacial score (nSPS) is 27.3. The second-order valence-electron chi connectivity index (χ2n) is 3.49. The molecule has 0 bridgehead atoms. The second kappa shape index (κ2) is 2.47. The number of nitrogens with zero attached hydrogens (tertiary/aromatic N) is 1. The zero-order valence-electron chi connectivity index (χ0n) is 7.59. The first-order valence-electron chi connectivity index (χ1n) is 4.46. The minimum Gasteiger partial charge on any atom is -0.384 e. The molecule has 1 aliphatic heterocycles. The van der Waals surface area contributed by atoms with E-state index in [1.807, 2.05) is 6.92 Å². The van der Waals surface area contributed by atoms with E-state index in [4.69, 9.17) is 5.73 Å². The summed E-state index contributed by atoms with van der Waals surface area (Å²) in [5.41, 5.74) is 9.67. The van der Waals surface area contributed by atoms with Crippen LogP contribution in [0.2, 0.25) is 0 Å². The largest absolute Gasteiger partial charge is 0.384 e. The first-order chi connectivity index (χ1) is 5.72. The molecule has 0 radical (unpaired) electrons. The summed E-state index contributed by atoms with van der Waals surface area (Å²) >= 11 is 0. The van der Waals surface area contributed by atoms with Crippen LogP contribution in [0.1, 0.15) is 26.7 Å². The molecule has 2 N–H and O–H groups in total. The Morgan fingerprint density at radius 2 is 2.42 bits per heavy atom. The monoisotopic (exact) mass is 162 g/mol. The van der Waals surface area contributed by atoms with Crippen LogP contribution in [0.25, 0.3) is 0 Å². The molecule has 2 rings (SSSR count). The number of allylic oxidation sites excluding steroid dienone is 3. The topological polar surface area (TPSA) is 38.4 Å². The molecular formula is C10H14N2. The maximum absolute atomic E-state index is 5.79. The Hall–Kier alpha value is -1.05. The van der Waals surface area contributed by atoms with Gasteiger partial charge in [0, 0.05) is 11.6 Å². The molecule has 0 amide bonds. The zero-order chi connectivity index (χ0) is 8.72. The van der Waals surface area contributed by atoms with Gasteiger partial charge in [0.2, 0.25) is 0 Å². The van der Waals surface area contributed by atoms with Gasteiger partial charge in [0.25, 0.3) is 0 Å². The smallest absolute Gasteiger partial charge is 0.123 e. The minimum absolute atomic E-state index is 0.635. The second-order valence-corrected chi connectivity index (χ2v) is 3.49. The lowest BCUT2D eigenvalue weighted by Crippen LogP contribution is -1.95. The molecular weight excluding hydrogens is 148 g/mol. The van der Waals surface area contributed by atoms with Crippen molar-refractivity contribution >= 4 is 5.71 Å². The Balaban J connectivity index is 2.39. The molecule has 1 unspecified atom stereocenters. The first kappa shape index (κ1) is 7.59. The molecule has 0 aromatic heterocycles. The lowest BCUT2D eigenvalue weighted by molar-refractivity contribution is 0.936. The van der Waals surface area contributed by atoms with E-state index in [1.54, 1.807) is 0 Å². The van der Waals surface area contributed by atoms with Gasteiger partial charge in [-0.3, -0.25) is 0 Å². The molecule has 2 heteroatoms. The van der Waals surface area contributed by atoms with Crippen molar-refractivity contribution in [1.82, 2.24) is 0 Å². The number of aliphatic imine (C=N–C) groups is 1. The lowest BCUT2D eigenvalue weighted by Gasteiger charge is -1.98. The highest BCUT2D eigenvalue weighted by molar-refractivity contribution is 5.95. The SMILES string of the molecule is CCC1=CC(C)=NC(N)=C2CC12. The molecule has 1 aliphatic carbocycles. The van der Waals surface area contributed by atoms with Gasteiger partial charge in [-0.25, -0.2) is 4.99 Å². The molecule has 2 aliphatic rings. The Bertz CT molecular complexity index is 308. The van der Waals surface area contributed by atoms with Gasteiger partial charge in [-0.1, -0.05) is 12.5 Å². The molecule has 1 heterocycles. The zero-order valence-corrected chi connectivity index (χ0v) is 7.59. The van der Waals surface area contributed by atoms with Crippen molar-refractivity contribution in [1.29, 1.82) is 0 Å². The summed E-state index contributed by atoms with van der Waals surface area (Å²) in [4.78, 5) is 4.29. The highest BCUT2D eigenvalue weighted by Gasteiger charge is 2.36. The Labute approximate surface area is 72.9 Å². The summed E-state index contributed by atoms with van der Waals surface area (Å²) in [5, 5.41) is 0. The third-order valence-corrected chi connectivity index (χ3v) is 2.56. The number of fused-ring (bicyclic) bond motifs is 1. The van der Waals surface area contributed by atoms with E-state index in [0.29, 0.717) is 5.92 Å². The van der Waals surface area contributed by atoms with Crippen LogP contribution in [0.3, 0.4) is 0 Å². The molecule has 2 nitrogen and oxygen atoms in total. The number of hydrogen-bond acceptors (Lipinski definition) is 2. The number of hydrogen-bond donors (Lipinski definition) is 1. The number of nitrogens with two attached hydrogens (primary N) is 1. The Kier molecular flexibility index (Phi) is 1.56.